The summed E-state index contributed by atoms with van der Waals surface area (Å²) in [4.78, 5) is 42.9. The van der Waals surface area contributed by atoms with E-state index in [1.54, 1.807) is 19.9 Å². The number of esters is 1. The number of nitrogens with zero attached hydrogens (tertiary/aromatic N) is 1. The largest absolute Gasteiger partial charge is 0.464 e. The molecular formula is C22H21FN4O4. The number of ether oxygens (including phenoxy) is 1. The Labute approximate surface area is 178 Å². The zero-order valence-electron chi connectivity index (χ0n) is 17.3. The highest BCUT2D eigenvalue weighted by Gasteiger charge is 2.29. The molecule has 0 saturated carbocycles. The van der Waals surface area contributed by atoms with Gasteiger partial charge in [-0.25, -0.2) is 14.2 Å². The minimum Gasteiger partial charge on any atom is -0.464 e. The van der Waals surface area contributed by atoms with Gasteiger partial charge in [0.2, 0.25) is 5.91 Å². The Bertz CT molecular complexity index is 1140. The number of anilines is 1. The number of amides is 2. The molecule has 0 radical (unpaired) electrons. The molecule has 3 rings (SSSR count). The molecule has 2 aromatic rings. The highest BCUT2D eigenvalue weighted by molar-refractivity contribution is 6.35. The number of aromatic nitrogens is 2. The number of imidazole rings is 1. The number of carbonyl (C=O) groups excluding carboxylic acids is 3. The Hall–Kier alpha value is -3.93. The molecule has 0 bridgehead atoms. The van der Waals surface area contributed by atoms with E-state index < -0.39 is 23.7 Å². The van der Waals surface area contributed by atoms with Crippen LogP contribution in [0.25, 0.3) is 11.6 Å². The molecule has 1 aliphatic rings. The summed E-state index contributed by atoms with van der Waals surface area (Å²) in [5.74, 6) is 3.41. The number of rotatable bonds is 5. The average molecular weight is 424 g/mol. The highest BCUT2D eigenvalue weighted by Crippen LogP contribution is 2.36. The molecule has 31 heavy (non-hydrogen) atoms. The first-order valence-electron chi connectivity index (χ1n) is 9.60. The Morgan fingerprint density at radius 3 is 2.81 bits per heavy atom. The molecule has 2 amide bonds. The van der Waals surface area contributed by atoms with Crippen molar-refractivity contribution in [2.24, 2.45) is 0 Å². The second-order valence-electron chi connectivity index (χ2n) is 6.77. The van der Waals surface area contributed by atoms with Crippen LogP contribution in [0, 0.1) is 24.6 Å². The van der Waals surface area contributed by atoms with E-state index in [9.17, 15) is 18.8 Å². The molecule has 0 saturated heterocycles. The molecule has 160 valence electrons. The van der Waals surface area contributed by atoms with Crippen LogP contribution in [0.3, 0.4) is 0 Å². The third kappa shape index (κ3) is 4.80. The third-order valence-corrected chi connectivity index (χ3v) is 4.54. The quantitative estimate of drug-likeness (QED) is 0.387. The second kappa shape index (κ2) is 9.26. The monoisotopic (exact) mass is 424 g/mol. The minimum atomic E-state index is -0.979. The van der Waals surface area contributed by atoms with Crippen LogP contribution in [0.4, 0.5) is 10.1 Å². The van der Waals surface area contributed by atoms with E-state index in [0.29, 0.717) is 22.6 Å². The first kappa shape index (κ1) is 21.8. The molecule has 1 aromatic carbocycles. The molecule has 0 aliphatic carbocycles. The predicted octanol–water partition coefficient (Wildman–Crippen LogP) is 2.16. The fourth-order valence-corrected chi connectivity index (χ4v) is 3.11. The lowest BCUT2D eigenvalue weighted by atomic mass is 9.98. The summed E-state index contributed by atoms with van der Waals surface area (Å²) in [7, 11) is 0. The molecule has 8 nitrogen and oxygen atoms in total. The van der Waals surface area contributed by atoms with Crippen LogP contribution < -0.4 is 10.6 Å². The van der Waals surface area contributed by atoms with Gasteiger partial charge in [-0.3, -0.25) is 9.59 Å². The number of carbonyl (C=O) groups is 3. The van der Waals surface area contributed by atoms with E-state index in [-0.39, 0.29) is 30.1 Å². The SMILES string of the molecule is CCOC(=O)C(CC#Cc1c(F)ccc2c1/C(=C/c1[nH]cnc1C)C(=O)N2)NC(C)=O. The minimum absolute atomic E-state index is 0.0182. The summed E-state index contributed by atoms with van der Waals surface area (Å²) in [5.41, 5.74) is 2.33. The van der Waals surface area contributed by atoms with E-state index in [1.807, 2.05) is 0 Å². The summed E-state index contributed by atoms with van der Waals surface area (Å²) in [6.07, 6.45) is 3.01. The molecule has 1 atom stereocenters. The first-order chi connectivity index (χ1) is 14.8. The van der Waals surface area contributed by atoms with Gasteiger partial charge in [0.1, 0.15) is 11.9 Å². The van der Waals surface area contributed by atoms with Crippen molar-refractivity contribution in [3.8, 4) is 11.8 Å². The Morgan fingerprint density at radius 2 is 2.16 bits per heavy atom. The van der Waals surface area contributed by atoms with Crippen molar-refractivity contribution in [3.05, 3.63) is 46.8 Å². The summed E-state index contributed by atoms with van der Waals surface area (Å²) in [6, 6.07) is 1.70. The standard InChI is InChI=1S/C22H21FN4O4/c1-4-31-22(30)18(26-13(3)28)7-5-6-14-16(23)8-9-17-20(14)15(21(29)27-17)10-19-12(2)24-11-25-19/h8-11,18H,4,7H2,1-3H3,(H,24,25)(H,26,28)(H,27,29)/b15-10-. The van der Waals surface area contributed by atoms with Gasteiger partial charge in [-0.1, -0.05) is 11.8 Å². The Morgan fingerprint density at radius 1 is 1.39 bits per heavy atom. The van der Waals surface area contributed by atoms with Gasteiger partial charge in [0.05, 0.1) is 41.1 Å². The van der Waals surface area contributed by atoms with E-state index in [4.69, 9.17) is 4.74 Å². The third-order valence-electron chi connectivity index (χ3n) is 4.54. The van der Waals surface area contributed by atoms with Crippen molar-refractivity contribution >= 4 is 35.1 Å². The number of fused-ring (bicyclic) bond motifs is 1. The first-order valence-corrected chi connectivity index (χ1v) is 9.60. The number of benzene rings is 1. The number of hydrogen-bond acceptors (Lipinski definition) is 5. The van der Waals surface area contributed by atoms with Crippen molar-refractivity contribution in [1.82, 2.24) is 15.3 Å². The topological polar surface area (TPSA) is 113 Å². The zero-order chi connectivity index (χ0) is 22.5. The summed E-state index contributed by atoms with van der Waals surface area (Å²) in [6.45, 7) is 4.85. The lowest BCUT2D eigenvalue weighted by Crippen LogP contribution is -2.40. The molecule has 1 aromatic heterocycles. The summed E-state index contributed by atoms with van der Waals surface area (Å²) < 4.78 is 19.6. The van der Waals surface area contributed by atoms with Gasteiger partial charge >= 0.3 is 5.97 Å². The Balaban J connectivity index is 1.98. The lowest BCUT2D eigenvalue weighted by Gasteiger charge is -2.13. The summed E-state index contributed by atoms with van der Waals surface area (Å²) >= 11 is 0. The number of halogens is 1. The van der Waals surface area contributed by atoms with Crippen LogP contribution in [0.2, 0.25) is 0 Å². The maximum atomic E-state index is 14.7. The molecule has 3 N–H and O–H groups in total. The predicted molar refractivity (Wildman–Crippen MR) is 112 cm³/mol. The van der Waals surface area contributed by atoms with E-state index in [0.717, 1.165) is 0 Å². The maximum Gasteiger partial charge on any atom is 0.329 e. The summed E-state index contributed by atoms with van der Waals surface area (Å²) in [5, 5.41) is 5.17. The molecule has 1 unspecified atom stereocenters. The van der Waals surface area contributed by atoms with Gasteiger partial charge in [0, 0.05) is 18.9 Å². The number of aryl methyl sites for hydroxylation is 1. The molecule has 0 fully saturated rings. The van der Waals surface area contributed by atoms with Crippen LogP contribution in [0.5, 0.6) is 0 Å². The normalized spacial score (nSPS) is 14.3. The fourth-order valence-electron chi connectivity index (χ4n) is 3.11. The molecule has 1 aliphatic heterocycles. The van der Waals surface area contributed by atoms with Gasteiger partial charge in [-0.2, -0.15) is 0 Å². The number of nitrogens with one attached hydrogen (secondary N) is 3. The zero-order valence-corrected chi connectivity index (χ0v) is 17.3. The number of aromatic amines is 1. The Kier molecular flexibility index (Phi) is 6.50. The van der Waals surface area contributed by atoms with Crippen LogP contribution in [-0.4, -0.2) is 40.4 Å². The van der Waals surface area contributed by atoms with Crippen LogP contribution in [0.15, 0.2) is 18.5 Å². The lowest BCUT2D eigenvalue weighted by molar-refractivity contribution is -0.147. The molecule has 9 heteroatoms. The molecule has 2 heterocycles. The van der Waals surface area contributed by atoms with E-state index >= 15 is 0 Å². The second-order valence-corrected chi connectivity index (χ2v) is 6.77. The van der Waals surface area contributed by atoms with Crippen LogP contribution in [0.1, 0.15) is 42.8 Å². The van der Waals surface area contributed by atoms with Gasteiger partial charge in [0.15, 0.2) is 0 Å². The number of H-pyrrole nitrogens is 1. The van der Waals surface area contributed by atoms with Crippen LogP contribution >= 0.6 is 0 Å². The van der Waals surface area contributed by atoms with Crippen molar-refractivity contribution in [2.45, 2.75) is 33.2 Å². The van der Waals surface area contributed by atoms with Crippen molar-refractivity contribution in [1.29, 1.82) is 0 Å². The number of hydrogen-bond donors (Lipinski definition) is 3. The molecular weight excluding hydrogens is 403 g/mol. The molecule has 0 spiro atoms. The smallest absolute Gasteiger partial charge is 0.329 e. The van der Waals surface area contributed by atoms with Gasteiger partial charge < -0.3 is 20.4 Å². The fraction of sp³-hybridized carbons (Fsp3) is 0.273. The van der Waals surface area contributed by atoms with Crippen molar-refractivity contribution in [3.63, 3.8) is 0 Å². The van der Waals surface area contributed by atoms with Crippen molar-refractivity contribution in [2.75, 3.05) is 11.9 Å². The van der Waals surface area contributed by atoms with Gasteiger partial charge in [-0.05, 0) is 32.1 Å². The van der Waals surface area contributed by atoms with E-state index in [2.05, 4.69) is 32.4 Å². The van der Waals surface area contributed by atoms with E-state index in [1.165, 1.54) is 25.4 Å². The van der Waals surface area contributed by atoms with Crippen LogP contribution in [-0.2, 0) is 19.1 Å². The maximum absolute atomic E-state index is 14.7. The van der Waals surface area contributed by atoms with Crippen molar-refractivity contribution < 1.29 is 23.5 Å². The van der Waals surface area contributed by atoms with Gasteiger partial charge in [-0.15, -0.1) is 0 Å². The average Bonchev–Trinajstić information content (AvgIpc) is 3.26. The van der Waals surface area contributed by atoms with Gasteiger partial charge in [0.25, 0.3) is 5.91 Å². The highest BCUT2D eigenvalue weighted by atomic mass is 19.1.